The summed E-state index contributed by atoms with van der Waals surface area (Å²) in [5.41, 5.74) is 2.39. The monoisotopic (exact) mass is 380 g/mol. The number of benzene rings is 1. The van der Waals surface area contributed by atoms with Gasteiger partial charge in [-0.25, -0.2) is 9.78 Å². The van der Waals surface area contributed by atoms with Gasteiger partial charge in [-0.2, -0.15) is 0 Å². The van der Waals surface area contributed by atoms with Crippen molar-refractivity contribution >= 4 is 23.8 Å². The van der Waals surface area contributed by atoms with Gasteiger partial charge in [-0.15, -0.1) is 0 Å². The Morgan fingerprint density at radius 1 is 1.14 bits per heavy atom. The second kappa shape index (κ2) is 9.12. The van der Waals surface area contributed by atoms with Crippen LogP contribution in [0.5, 0.6) is 0 Å². The molecule has 146 valence electrons. The summed E-state index contributed by atoms with van der Waals surface area (Å²) in [4.78, 5) is 30.8. The van der Waals surface area contributed by atoms with Gasteiger partial charge in [-0.3, -0.25) is 9.78 Å². The molecule has 0 bridgehead atoms. The molecule has 3 rings (SSSR count). The van der Waals surface area contributed by atoms with Crippen molar-refractivity contribution in [3.63, 3.8) is 0 Å². The molecule has 1 aromatic carbocycles. The molecule has 1 fully saturated rings. The molecule has 1 aliphatic carbocycles. The first-order chi connectivity index (χ1) is 13.5. The van der Waals surface area contributed by atoms with Crippen molar-refractivity contribution in [2.45, 2.75) is 44.7 Å². The molecular weight excluding hydrogens is 356 g/mol. The highest BCUT2D eigenvalue weighted by Gasteiger charge is 2.21. The molecule has 0 unspecified atom stereocenters. The van der Waals surface area contributed by atoms with Crippen LogP contribution < -0.4 is 10.6 Å². The Bertz CT molecular complexity index is 873. The van der Waals surface area contributed by atoms with E-state index in [2.05, 4.69) is 20.6 Å². The van der Waals surface area contributed by atoms with Crippen LogP contribution >= 0.6 is 0 Å². The maximum absolute atomic E-state index is 11.2. The number of carboxylic acids is 1. The van der Waals surface area contributed by atoms with Crippen LogP contribution in [0.25, 0.3) is 17.3 Å². The first kappa shape index (κ1) is 19.5. The largest absolute Gasteiger partial charge is 0.478 e. The predicted octanol–water partition coefficient (Wildman–Crippen LogP) is 3.10. The van der Waals surface area contributed by atoms with E-state index < -0.39 is 5.97 Å². The summed E-state index contributed by atoms with van der Waals surface area (Å²) >= 11 is 0. The van der Waals surface area contributed by atoms with Crippen molar-refractivity contribution in [1.82, 2.24) is 15.3 Å². The van der Waals surface area contributed by atoms with Gasteiger partial charge in [0.25, 0.3) is 0 Å². The van der Waals surface area contributed by atoms with E-state index in [0.29, 0.717) is 11.9 Å². The first-order valence-electron chi connectivity index (χ1n) is 9.37. The summed E-state index contributed by atoms with van der Waals surface area (Å²) in [6.07, 6.45) is 9.88. The highest BCUT2D eigenvalue weighted by Crippen LogP contribution is 2.23. The number of amides is 1. The Kier molecular flexibility index (Phi) is 6.37. The molecule has 1 aliphatic rings. The number of nitrogens with one attached hydrogen (secondary N) is 2. The molecule has 2 aromatic rings. The number of aliphatic carboxylic acids is 1. The average Bonchev–Trinajstić information content (AvgIpc) is 2.68. The van der Waals surface area contributed by atoms with E-state index in [-0.39, 0.29) is 11.9 Å². The van der Waals surface area contributed by atoms with Crippen LogP contribution in [0.1, 0.15) is 38.2 Å². The van der Waals surface area contributed by atoms with E-state index in [9.17, 15) is 9.59 Å². The molecule has 0 radical (unpaired) electrons. The number of hydrogen-bond acceptors (Lipinski definition) is 5. The molecule has 7 heteroatoms. The van der Waals surface area contributed by atoms with Crippen LogP contribution in [0.3, 0.4) is 0 Å². The van der Waals surface area contributed by atoms with Crippen LogP contribution in [0.15, 0.2) is 42.7 Å². The molecule has 3 N–H and O–H groups in total. The molecule has 1 amide bonds. The van der Waals surface area contributed by atoms with E-state index >= 15 is 0 Å². The Labute approximate surface area is 163 Å². The van der Waals surface area contributed by atoms with E-state index in [1.165, 1.54) is 0 Å². The van der Waals surface area contributed by atoms with E-state index in [0.717, 1.165) is 48.6 Å². The molecule has 0 aliphatic heterocycles. The quantitative estimate of drug-likeness (QED) is 0.665. The Hall–Kier alpha value is -3.22. The van der Waals surface area contributed by atoms with Crippen molar-refractivity contribution in [1.29, 1.82) is 0 Å². The lowest BCUT2D eigenvalue weighted by molar-refractivity contribution is -0.131. The number of aromatic nitrogens is 2. The molecule has 1 heterocycles. The standard InChI is InChI=1S/C21H24N4O3/c1-14(26)23-17-6-8-18(9-7-17)24-20-13-22-12-19(25-20)16-4-2-3-15(11-16)5-10-21(27)28/h2-5,10-13,17-18H,6-9H2,1H3,(H,23,26)(H,24,25)(H,27,28)/b10-5+. The van der Waals surface area contributed by atoms with Crippen LogP contribution in [-0.4, -0.2) is 39.0 Å². The fourth-order valence-corrected chi connectivity index (χ4v) is 3.42. The van der Waals surface area contributed by atoms with Crippen LogP contribution in [0.4, 0.5) is 5.82 Å². The van der Waals surface area contributed by atoms with Crippen LogP contribution in [-0.2, 0) is 9.59 Å². The van der Waals surface area contributed by atoms with Gasteiger partial charge in [0, 0.05) is 30.6 Å². The first-order valence-corrected chi connectivity index (χ1v) is 9.37. The lowest BCUT2D eigenvalue weighted by atomic mass is 9.91. The van der Waals surface area contributed by atoms with Crippen molar-refractivity contribution in [3.05, 3.63) is 48.3 Å². The zero-order chi connectivity index (χ0) is 19.9. The SMILES string of the molecule is CC(=O)NC1CCC(Nc2cncc(-c3cccc(/C=C/C(=O)O)c3)n2)CC1. The van der Waals surface area contributed by atoms with Gasteiger partial charge < -0.3 is 15.7 Å². The highest BCUT2D eigenvalue weighted by molar-refractivity contribution is 5.85. The zero-order valence-corrected chi connectivity index (χ0v) is 15.8. The molecule has 0 atom stereocenters. The van der Waals surface area contributed by atoms with Crippen molar-refractivity contribution < 1.29 is 14.7 Å². The Morgan fingerprint density at radius 2 is 1.89 bits per heavy atom. The van der Waals surface area contributed by atoms with Gasteiger partial charge in [0.05, 0.1) is 18.1 Å². The second-order valence-electron chi connectivity index (χ2n) is 6.98. The summed E-state index contributed by atoms with van der Waals surface area (Å²) in [6.45, 7) is 1.55. The minimum Gasteiger partial charge on any atom is -0.478 e. The maximum Gasteiger partial charge on any atom is 0.328 e. The summed E-state index contributed by atoms with van der Waals surface area (Å²) in [6, 6.07) is 8.07. The van der Waals surface area contributed by atoms with Gasteiger partial charge >= 0.3 is 5.97 Å². The minimum atomic E-state index is -0.982. The number of carbonyl (C=O) groups excluding carboxylic acids is 1. The molecule has 7 nitrogen and oxygen atoms in total. The number of rotatable bonds is 6. The fourth-order valence-electron chi connectivity index (χ4n) is 3.42. The van der Waals surface area contributed by atoms with E-state index in [4.69, 9.17) is 5.11 Å². The number of carbonyl (C=O) groups is 2. The maximum atomic E-state index is 11.2. The van der Waals surface area contributed by atoms with Gasteiger partial charge in [0.2, 0.25) is 5.91 Å². The van der Waals surface area contributed by atoms with Crippen molar-refractivity contribution in [2.24, 2.45) is 0 Å². The van der Waals surface area contributed by atoms with Gasteiger partial charge in [0.15, 0.2) is 0 Å². The molecule has 1 aromatic heterocycles. The van der Waals surface area contributed by atoms with Gasteiger partial charge in [0.1, 0.15) is 5.82 Å². The van der Waals surface area contributed by atoms with E-state index in [1.54, 1.807) is 25.4 Å². The topological polar surface area (TPSA) is 104 Å². The molecular formula is C21H24N4O3. The minimum absolute atomic E-state index is 0.0235. The molecule has 0 saturated heterocycles. The van der Waals surface area contributed by atoms with E-state index in [1.807, 2.05) is 24.3 Å². The van der Waals surface area contributed by atoms with Crippen molar-refractivity contribution in [3.8, 4) is 11.3 Å². The molecule has 1 saturated carbocycles. The van der Waals surface area contributed by atoms with Crippen molar-refractivity contribution in [2.75, 3.05) is 5.32 Å². The Balaban J connectivity index is 1.66. The molecule has 28 heavy (non-hydrogen) atoms. The van der Waals surface area contributed by atoms with Crippen LogP contribution in [0, 0.1) is 0 Å². The summed E-state index contributed by atoms with van der Waals surface area (Å²) in [5, 5.41) is 15.2. The highest BCUT2D eigenvalue weighted by atomic mass is 16.4. The number of carboxylic acid groups (broad SMARTS) is 1. The zero-order valence-electron chi connectivity index (χ0n) is 15.8. The number of anilines is 1. The predicted molar refractivity (Wildman–Crippen MR) is 108 cm³/mol. The summed E-state index contributed by atoms with van der Waals surface area (Å²) < 4.78 is 0. The lowest BCUT2D eigenvalue weighted by Gasteiger charge is -2.29. The molecule has 0 spiro atoms. The van der Waals surface area contributed by atoms with Gasteiger partial charge in [-0.1, -0.05) is 18.2 Å². The second-order valence-corrected chi connectivity index (χ2v) is 6.98. The Morgan fingerprint density at radius 3 is 2.61 bits per heavy atom. The summed E-state index contributed by atoms with van der Waals surface area (Å²) in [5.74, 6) is -0.244. The number of hydrogen-bond donors (Lipinski definition) is 3. The van der Waals surface area contributed by atoms with Crippen LogP contribution in [0.2, 0.25) is 0 Å². The third-order valence-electron chi connectivity index (χ3n) is 4.72. The third-order valence-corrected chi connectivity index (χ3v) is 4.72. The van der Waals surface area contributed by atoms with Gasteiger partial charge in [-0.05, 0) is 43.4 Å². The summed E-state index contributed by atoms with van der Waals surface area (Å²) in [7, 11) is 0. The fraction of sp³-hybridized carbons (Fsp3) is 0.333. The smallest absolute Gasteiger partial charge is 0.328 e. The lowest BCUT2D eigenvalue weighted by Crippen LogP contribution is -2.39. The number of nitrogens with zero attached hydrogens (tertiary/aromatic N) is 2. The normalized spacial score (nSPS) is 19.3. The average molecular weight is 380 g/mol. The third kappa shape index (κ3) is 5.64.